The molecule has 122 valence electrons. The Morgan fingerprint density at radius 3 is 2.71 bits per heavy atom. The zero-order valence-electron chi connectivity index (χ0n) is 13.5. The Bertz CT molecular complexity index is 945. The average Bonchev–Trinajstić information content (AvgIpc) is 2.63. The molecule has 1 aliphatic heterocycles. The lowest BCUT2D eigenvalue weighted by Crippen LogP contribution is -2.37. The molecule has 2 aromatic heterocycles. The molecule has 1 aromatic carbocycles. The quantitative estimate of drug-likeness (QED) is 0.721. The van der Waals surface area contributed by atoms with Gasteiger partial charge in [-0.2, -0.15) is 0 Å². The SMILES string of the molecule is Cc1ccccc1-n1ccc2nc(N3CCOCC3)ncc2c1=O. The smallest absolute Gasteiger partial charge is 0.266 e. The van der Waals surface area contributed by atoms with E-state index in [1.54, 1.807) is 17.0 Å². The van der Waals surface area contributed by atoms with E-state index in [4.69, 9.17) is 4.74 Å². The third kappa shape index (κ3) is 2.55. The molecule has 24 heavy (non-hydrogen) atoms. The summed E-state index contributed by atoms with van der Waals surface area (Å²) in [4.78, 5) is 23.9. The lowest BCUT2D eigenvalue weighted by atomic mass is 10.2. The number of benzene rings is 1. The molecular formula is C18H18N4O2. The number of rotatable bonds is 2. The number of fused-ring (bicyclic) bond motifs is 1. The standard InChI is InChI=1S/C18H18N4O2/c1-13-4-2-3-5-16(13)22-7-6-15-14(17(22)23)12-19-18(20-15)21-8-10-24-11-9-21/h2-7,12H,8-11H2,1H3. The molecule has 0 atom stereocenters. The maximum atomic E-state index is 12.8. The van der Waals surface area contributed by atoms with Gasteiger partial charge in [-0.3, -0.25) is 9.36 Å². The Morgan fingerprint density at radius 1 is 1.12 bits per heavy atom. The minimum atomic E-state index is -0.102. The van der Waals surface area contributed by atoms with Crippen LogP contribution in [0.5, 0.6) is 0 Å². The molecular weight excluding hydrogens is 304 g/mol. The van der Waals surface area contributed by atoms with Gasteiger partial charge in [-0.15, -0.1) is 0 Å². The van der Waals surface area contributed by atoms with E-state index in [0.29, 0.717) is 30.1 Å². The van der Waals surface area contributed by atoms with Crippen molar-refractivity contribution in [2.45, 2.75) is 6.92 Å². The zero-order valence-corrected chi connectivity index (χ0v) is 13.5. The van der Waals surface area contributed by atoms with Crippen LogP contribution in [0.4, 0.5) is 5.95 Å². The summed E-state index contributed by atoms with van der Waals surface area (Å²) < 4.78 is 7.00. The molecule has 1 fully saturated rings. The maximum absolute atomic E-state index is 12.8. The van der Waals surface area contributed by atoms with Crippen LogP contribution in [0.3, 0.4) is 0 Å². The molecule has 0 bridgehead atoms. The first kappa shape index (κ1) is 14.8. The zero-order chi connectivity index (χ0) is 16.5. The summed E-state index contributed by atoms with van der Waals surface area (Å²) in [6.45, 7) is 4.88. The van der Waals surface area contributed by atoms with Gasteiger partial charge in [0, 0.05) is 25.5 Å². The van der Waals surface area contributed by atoms with E-state index in [1.165, 1.54) is 0 Å². The Hall–Kier alpha value is -2.73. The van der Waals surface area contributed by atoms with Gasteiger partial charge < -0.3 is 9.64 Å². The number of nitrogens with zero attached hydrogens (tertiary/aromatic N) is 4. The first-order valence-electron chi connectivity index (χ1n) is 8.01. The second kappa shape index (κ2) is 6.05. The van der Waals surface area contributed by atoms with Gasteiger partial charge in [0.15, 0.2) is 0 Å². The highest BCUT2D eigenvalue weighted by atomic mass is 16.5. The van der Waals surface area contributed by atoms with Crippen LogP contribution in [0, 0.1) is 6.92 Å². The van der Waals surface area contributed by atoms with Gasteiger partial charge in [0.05, 0.1) is 29.8 Å². The summed E-state index contributed by atoms with van der Waals surface area (Å²) in [6, 6.07) is 9.68. The van der Waals surface area contributed by atoms with Crippen molar-refractivity contribution in [2.24, 2.45) is 0 Å². The minimum Gasteiger partial charge on any atom is -0.378 e. The largest absolute Gasteiger partial charge is 0.378 e. The molecule has 0 amide bonds. The number of pyridine rings is 1. The minimum absolute atomic E-state index is 0.102. The van der Waals surface area contributed by atoms with Gasteiger partial charge in [-0.25, -0.2) is 9.97 Å². The molecule has 0 unspecified atom stereocenters. The van der Waals surface area contributed by atoms with Crippen molar-refractivity contribution in [1.29, 1.82) is 0 Å². The first-order valence-corrected chi connectivity index (χ1v) is 8.01. The summed E-state index contributed by atoms with van der Waals surface area (Å²) in [5, 5.41) is 0.526. The van der Waals surface area contributed by atoms with Crippen molar-refractivity contribution in [3.05, 3.63) is 58.6 Å². The van der Waals surface area contributed by atoms with Crippen LogP contribution < -0.4 is 10.5 Å². The number of morpholine rings is 1. The van der Waals surface area contributed by atoms with Crippen LogP contribution in [0.1, 0.15) is 5.56 Å². The van der Waals surface area contributed by atoms with Crippen molar-refractivity contribution in [2.75, 3.05) is 31.2 Å². The highest BCUT2D eigenvalue weighted by Gasteiger charge is 2.15. The fraction of sp³-hybridized carbons (Fsp3) is 0.278. The number of aromatic nitrogens is 3. The Balaban J connectivity index is 1.80. The Kier molecular flexibility index (Phi) is 3.74. The van der Waals surface area contributed by atoms with Gasteiger partial charge >= 0.3 is 0 Å². The lowest BCUT2D eigenvalue weighted by Gasteiger charge is -2.26. The Labute approximate surface area is 139 Å². The predicted octanol–water partition coefficient (Wildman–Crippen LogP) is 1.93. The fourth-order valence-electron chi connectivity index (χ4n) is 2.96. The summed E-state index contributed by atoms with van der Waals surface area (Å²) in [5.41, 5.74) is 2.49. The third-order valence-electron chi connectivity index (χ3n) is 4.31. The van der Waals surface area contributed by atoms with Crippen molar-refractivity contribution in [3.63, 3.8) is 0 Å². The molecule has 1 saturated heterocycles. The number of ether oxygens (including phenoxy) is 1. The van der Waals surface area contributed by atoms with Crippen molar-refractivity contribution in [1.82, 2.24) is 14.5 Å². The number of hydrogen-bond donors (Lipinski definition) is 0. The summed E-state index contributed by atoms with van der Waals surface area (Å²) in [6.07, 6.45) is 3.41. The van der Waals surface area contributed by atoms with E-state index in [2.05, 4.69) is 14.9 Å². The average molecular weight is 322 g/mol. The topological polar surface area (TPSA) is 60.3 Å². The monoisotopic (exact) mass is 322 g/mol. The van der Waals surface area contributed by atoms with Crippen molar-refractivity contribution < 1.29 is 4.74 Å². The van der Waals surface area contributed by atoms with E-state index in [0.717, 1.165) is 24.3 Å². The fourth-order valence-corrected chi connectivity index (χ4v) is 2.96. The second-order valence-corrected chi connectivity index (χ2v) is 5.85. The highest BCUT2D eigenvalue weighted by Crippen LogP contribution is 2.16. The summed E-state index contributed by atoms with van der Waals surface area (Å²) >= 11 is 0. The van der Waals surface area contributed by atoms with E-state index in [9.17, 15) is 4.79 Å². The van der Waals surface area contributed by atoms with Gasteiger partial charge in [0.2, 0.25) is 5.95 Å². The van der Waals surface area contributed by atoms with Crippen molar-refractivity contribution in [3.8, 4) is 5.69 Å². The van der Waals surface area contributed by atoms with Gasteiger partial charge in [-0.1, -0.05) is 18.2 Å². The van der Waals surface area contributed by atoms with Crippen LogP contribution in [0.2, 0.25) is 0 Å². The van der Waals surface area contributed by atoms with Crippen LogP contribution in [-0.2, 0) is 4.74 Å². The molecule has 3 aromatic rings. The van der Waals surface area contributed by atoms with E-state index < -0.39 is 0 Å². The van der Waals surface area contributed by atoms with E-state index >= 15 is 0 Å². The molecule has 4 rings (SSSR count). The summed E-state index contributed by atoms with van der Waals surface area (Å²) in [5.74, 6) is 0.652. The van der Waals surface area contributed by atoms with Crippen LogP contribution in [0.15, 0.2) is 47.5 Å². The van der Waals surface area contributed by atoms with Crippen LogP contribution in [0.25, 0.3) is 16.6 Å². The highest BCUT2D eigenvalue weighted by molar-refractivity contribution is 5.78. The number of para-hydroxylation sites is 1. The molecule has 3 heterocycles. The molecule has 6 nitrogen and oxygen atoms in total. The molecule has 0 radical (unpaired) electrons. The first-order chi connectivity index (χ1) is 11.7. The number of anilines is 1. The molecule has 0 N–H and O–H groups in total. The van der Waals surface area contributed by atoms with Crippen molar-refractivity contribution >= 4 is 16.9 Å². The lowest BCUT2D eigenvalue weighted by molar-refractivity contribution is 0.122. The van der Waals surface area contributed by atoms with Gasteiger partial charge in [0.25, 0.3) is 5.56 Å². The second-order valence-electron chi connectivity index (χ2n) is 5.85. The van der Waals surface area contributed by atoms with Crippen LogP contribution >= 0.6 is 0 Å². The molecule has 0 spiro atoms. The van der Waals surface area contributed by atoms with Gasteiger partial charge in [-0.05, 0) is 24.6 Å². The molecule has 6 heteroatoms. The summed E-state index contributed by atoms with van der Waals surface area (Å²) in [7, 11) is 0. The molecule has 0 saturated carbocycles. The molecule has 0 aliphatic carbocycles. The molecule has 1 aliphatic rings. The number of hydrogen-bond acceptors (Lipinski definition) is 5. The third-order valence-corrected chi connectivity index (χ3v) is 4.31. The van der Waals surface area contributed by atoms with Gasteiger partial charge in [0.1, 0.15) is 0 Å². The van der Waals surface area contributed by atoms with E-state index in [1.807, 2.05) is 37.3 Å². The normalized spacial score (nSPS) is 15.0. The van der Waals surface area contributed by atoms with Crippen LogP contribution in [-0.4, -0.2) is 40.8 Å². The number of aryl methyl sites for hydroxylation is 1. The van der Waals surface area contributed by atoms with E-state index in [-0.39, 0.29) is 5.56 Å². The Morgan fingerprint density at radius 2 is 1.92 bits per heavy atom. The maximum Gasteiger partial charge on any atom is 0.266 e. The predicted molar refractivity (Wildman–Crippen MR) is 92.9 cm³/mol.